The third-order valence-electron chi connectivity index (χ3n) is 14.9. The quantitative estimate of drug-likeness (QED) is 0.0222. The average molecular weight is 1240 g/mol. The van der Waals surface area contributed by atoms with Gasteiger partial charge in [0.2, 0.25) is 0 Å². The van der Waals surface area contributed by atoms with E-state index in [2.05, 4.69) is 48.5 Å². The largest absolute Gasteiger partial charge is 0.472 e. The lowest BCUT2D eigenvalue weighted by Gasteiger charge is -2.21. The molecular formula is C65H126O17P2. The molecule has 3 N–H and O–H groups in total. The maximum atomic E-state index is 13.0. The van der Waals surface area contributed by atoms with Crippen molar-refractivity contribution in [1.82, 2.24) is 0 Å². The van der Waals surface area contributed by atoms with Crippen molar-refractivity contribution in [2.45, 2.75) is 336 Å². The van der Waals surface area contributed by atoms with Crippen molar-refractivity contribution in [3.05, 3.63) is 0 Å². The van der Waals surface area contributed by atoms with Crippen LogP contribution in [0.25, 0.3) is 0 Å². The summed E-state index contributed by atoms with van der Waals surface area (Å²) in [6.45, 7) is 11.7. The zero-order chi connectivity index (χ0) is 62.4. The molecule has 0 fully saturated rings. The van der Waals surface area contributed by atoms with E-state index in [1.807, 2.05) is 0 Å². The highest BCUT2D eigenvalue weighted by Crippen LogP contribution is 2.45. The Kier molecular flexibility index (Phi) is 55.0. The number of esters is 4. The van der Waals surface area contributed by atoms with Gasteiger partial charge in [0.1, 0.15) is 19.3 Å². The fourth-order valence-electron chi connectivity index (χ4n) is 9.66. The molecule has 0 saturated carbocycles. The van der Waals surface area contributed by atoms with Gasteiger partial charge in [0.05, 0.1) is 26.4 Å². The molecule has 0 amide bonds. The SMILES string of the molecule is CCCCCCCCCCCCC(=O)O[C@H](COC(=O)CCCCCCCCC(C)C)COP(=O)(O)OC[C@H](O)COP(=O)(O)OC[C@@H](COC(=O)CCCCCCCCCCCC(C)C)OC(=O)CCCCCCCCCCCCC(C)C. The van der Waals surface area contributed by atoms with Crippen molar-refractivity contribution in [3.8, 4) is 0 Å². The number of carbonyl (C=O) groups excluding carboxylic acids is 4. The predicted octanol–water partition coefficient (Wildman–Crippen LogP) is 17.9. The Hall–Kier alpha value is -1.94. The summed E-state index contributed by atoms with van der Waals surface area (Å²) in [6.07, 6.45) is 37.7. The number of aliphatic hydroxyl groups excluding tert-OH is 1. The van der Waals surface area contributed by atoms with Crippen molar-refractivity contribution in [1.29, 1.82) is 0 Å². The summed E-state index contributed by atoms with van der Waals surface area (Å²) >= 11 is 0. The molecule has 0 radical (unpaired) electrons. The molecule has 498 valence electrons. The van der Waals surface area contributed by atoms with E-state index in [4.69, 9.17) is 37.0 Å². The summed E-state index contributed by atoms with van der Waals surface area (Å²) in [5.74, 6) is 0.0399. The van der Waals surface area contributed by atoms with Crippen molar-refractivity contribution in [2.24, 2.45) is 17.8 Å². The monoisotopic (exact) mass is 1240 g/mol. The van der Waals surface area contributed by atoms with Gasteiger partial charge in [-0.05, 0) is 43.4 Å². The van der Waals surface area contributed by atoms with Crippen LogP contribution in [0.3, 0.4) is 0 Å². The average Bonchev–Trinajstić information content (AvgIpc) is 3.53. The molecule has 0 aromatic heterocycles. The van der Waals surface area contributed by atoms with E-state index >= 15 is 0 Å². The van der Waals surface area contributed by atoms with Gasteiger partial charge < -0.3 is 33.8 Å². The van der Waals surface area contributed by atoms with Gasteiger partial charge >= 0.3 is 39.5 Å². The Morgan fingerprint density at radius 1 is 0.321 bits per heavy atom. The minimum atomic E-state index is -4.95. The first kappa shape index (κ1) is 82.1. The van der Waals surface area contributed by atoms with E-state index in [-0.39, 0.29) is 25.7 Å². The molecule has 0 heterocycles. The van der Waals surface area contributed by atoms with Gasteiger partial charge in [0.15, 0.2) is 12.2 Å². The maximum Gasteiger partial charge on any atom is 0.472 e. The van der Waals surface area contributed by atoms with Crippen molar-refractivity contribution < 1.29 is 80.2 Å². The minimum Gasteiger partial charge on any atom is -0.462 e. The number of hydrogen-bond donors (Lipinski definition) is 3. The van der Waals surface area contributed by atoms with Crippen LogP contribution in [-0.4, -0.2) is 96.7 Å². The van der Waals surface area contributed by atoms with E-state index in [1.54, 1.807) is 0 Å². The molecule has 17 nitrogen and oxygen atoms in total. The van der Waals surface area contributed by atoms with Crippen LogP contribution in [0.15, 0.2) is 0 Å². The molecule has 5 atom stereocenters. The van der Waals surface area contributed by atoms with Gasteiger partial charge in [-0.25, -0.2) is 9.13 Å². The second-order valence-electron chi connectivity index (χ2n) is 24.9. The molecule has 0 aliphatic carbocycles. The van der Waals surface area contributed by atoms with Gasteiger partial charge in [-0.15, -0.1) is 0 Å². The van der Waals surface area contributed by atoms with Gasteiger partial charge in [0, 0.05) is 25.7 Å². The van der Waals surface area contributed by atoms with E-state index in [1.165, 1.54) is 122 Å². The summed E-state index contributed by atoms with van der Waals surface area (Å²) < 4.78 is 68.0. The normalized spacial score (nSPS) is 14.3. The molecule has 0 saturated heterocycles. The summed E-state index contributed by atoms with van der Waals surface area (Å²) in [5, 5.41) is 10.5. The van der Waals surface area contributed by atoms with Crippen LogP contribution in [0.5, 0.6) is 0 Å². The number of aliphatic hydroxyl groups is 1. The first-order valence-electron chi connectivity index (χ1n) is 33.8. The van der Waals surface area contributed by atoms with Crippen LogP contribution in [0.2, 0.25) is 0 Å². The fourth-order valence-corrected chi connectivity index (χ4v) is 11.2. The van der Waals surface area contributed by atoms with Crippen LogP contribution in [0.4, 0.5) is 0 Å². The first-order valence-corrected chi connectivity index (χ1v) is 36.8. The standard InChI is InChI=1S/C65H126O17P2/c1-8-9-10-11-12-13-19-25-34-41-48-64(69)82-61(53-76-63(68)47-40-33-28-27-31-38-45-58(6)7)55-80-84(73,74)78-51-59(66)50-77-83(71,72)79-54-60(52-75-62(67)46-39-32-24-21-16-18-23-30-37-44-57(4)5)81-65(70)49-42-35-26-20-15-14-17-22-29-36-43-56(2)3/h56-61,66H,8-55H2,1-7H3,(H,71,72)(H,73,74)/t59-,60-,61-/m1/s1. The van der Waals surface area contributed by atoms with E-state index in [0.29, 0.717) is 31.6 Å². The molecule has 0 rings (SSSR count). The van der Waals surface area contributed by atoms with Gasteiger partial charge in [-0.1, -0.05) is 267 Å². The summed E-state index contributed by atoms with van der Waals surface area (Å²) in [5.41, 5.74) is 0. The van der Waals surface area contributed by atoms with Crippen LogP contribution < -0.4 is 0 Å². The second-order valence-corrected chi connectivity index (χ2v) is 27.8. The molecule has 2 unspecified atom stereocenters. The molecule has 0 aliphatic rings. The third-order valence-corrected chi connectivity index (χ3v) is 16.8. The van der Waals surface area contributed by atoms with Crippen LogP contribution in [0, 0.1) is 17.8 Å². The highest BCUT2D eigenvalue weighted by Gasteiger charge is 2.30. The van der Waals surface area contributed by atoms with Crippen molar-refractivity contribution >= 4 is 39.5 Å². The number of rotatable bonds is 63. The predicted molar refractivity (Wildman–Crippen MR) is 335 cm³/mol. The maximum absolute atomic E-state index is 13.0. The zero-order valence-electron chi connectivity index (χ0n) is 54.4. The minimum absolute atomic E-state index is 0.105. The Morgan fingerprint density at radius 3 is 0.810 bits per heavy atom. The second kappa shape index (κ2) is 56.3. The number of ether oxygens (including phenoxy) is 4. The van der Waals surface area contributed by atoms with E-state index < -0.39 is 97.5 Å². The summed E-state index contributed by atoms with van der Waals surface area (Å²) in [6, 6.07) is 0. The lowest BCUT2D eigenvalue weighted by atomic mass is 10.0. The molecule has 84 heavy (non-hydrogen) atoms. The Labute approximate surface area is 511 Å². The molecule has 0 bridgehead atoms. The Balaban J connectivity index is 5.25. The summed E-state index contributed by atoms with van der Waals surface area (Å²) in [7, 11) is -9.89. The number of carbonyl (C=O) groups is 4. The fraction of sp³-hybridized carbons (Fsp3) is 0.938. The highest BCUT2D eigenvalue weighted by atomic mass is 31.2. The number of phosphoric acid groups is 2. The number of phosphoric ester groups is 2. The summed E-state index contributed by atoms with van der Waals surface area (Å²) in [4.78, 5) is 72.2. The van der Waals surface area contributed by atoms with Crippen LogP contribution >= 0.6 is 15.6 Å². The molecule has 19 heteroatoms. The van der Waals surface area contributed by atoms with Gasteiger partial charge in [-0.2, -0.15) is 0 Å². The van der Waals surface area contributed by atoms with Crippen LogP contribution in [-0.2, 0) is 65.4 Å². The first-order chi connectivity index (χ1) is 40.2. The molecule has 0 aliphatic heterocycles. The Morgan fingerprint density at radius 2 is 0.548 bits per heavy atom. The van der Waals surface area contributed by atoms with Gasteiger partial charge in [0.25, 0.3) is 0 Å². The third kappa shape index (κ3) is 59.0. The molecule has 0 aromatic rings. The molecule has 0 spiro atoms. The lowest BCUT2D eigenvalue weighted by Crippen LogP contribution is -2.30. The Bertz CT molecular complexity index is 1660. The van der Waals surface area contributed by atoms with Crippen molar-refractivity contribution in [3.63, 3.8) is 0 Å². The van der Waals surface area contributed by atoms with Crippen molar-refractivity contribution in [2.75, 3.05) is 39.6 Å². The zero-order valence-corrected chi connectivity index (χ0v) is 56.1. The molecular weight excluding hydrogens is 1110 g/mol. The lowest BCUT2D eigenvalue weighted by molar-refractivity contribution is -0.161. The highest BCUT2D eigenvalue weighted by molar-refractivity contribution is 7.47. The van der Waals surface area contributed by atoms with Gasteiger partial charge in [-0.3, -0.25) is 37.3 Å². The van der Waals surface area contributed by atoms with E-state index in [9.17, 15) is 43.2 Å². The van der Waals surface area contributed by atoms with E-state index in [0.717, 1.165) is 108 Å². The number of hydrogen-bond acceptors (Lipinski definition) is 15. The smallest absolute Gasteiger partial charge is 0.462 e. The van der Waals surface area contributed by atoms with Crippen LogP contribution in [0.1, 0.15) is 318 Å². The topological polar surface area (TPSA) is 237 Å². The molecule has 0 aromatic carbocycles. The number of unbranched alkanes of at least 4 members (excludes halogenated alkanes) is 31.